The molecule has 1 heterocycles. The maximum atomic E-state index is 5.90. The van der Waals surface area contributed by atoms with Crippen LogP contribution >= 0.6 is 0 Å². The first-order valence-corrected chi connectivity index (χ1v) is 6.93. The molecule has 0 spiro atoms. The number of anilines is 1. The van der Waals surface area contributed by atoms with Gasteiger partial charge in [-0.2, -0.15) is 5.10 Å². The van der Waals surface area contributed by atoms with Crippen LogP contribution in [0.4, 0.5) is 5.95 Å². The van der Waals surface area contributed by atoms with Gasteiger partial charge in [0.05, 0.1) is 16.9 Å². The third kappa shape index (κ3) is 2.61. The highest BCUT2D eigenvalue weighted by Crippen LogP contribution is 2.31. The van der Waals surface area contributed by atoms with Crippen LogP contribution in [0.2, 0.25) is 0 Å². The molecule has 100 valence electrons. The first kappa shape index (κ1) is 13.2. The van der Waals surface area contributed by atoms with Crippen LogP contribution in [0.25, 0.3) is 0 Å². The van der Waals surface area contributed by atoms with E-state index < -0.39 is 0 Å². The minimum absolute atomic E-state index is 0.0135. The van der Waals surface area contributed by atoms with Crippen molar-refractivity contribution in [1.29, 1.82) is 0 Å². The Balaban J connectivity index is 2.18. The van der Waals surface area contributed by atoms with E-state index in [9.17, 15) is 0 Å². The van der Waals surface area contributed by atoms with Gasteiger partial charge in [0, 0.05) is 6.54 Å². The van der Waals surface area contributed by atoms with Crippen LogP contribution in [-0.2, 0) is 12.8 Å². The van der Waals surface area contributed by atoms with E-state index in [1.807, 2.05) is 0 Å². The molecule has 0 unspecified atom stereocenters. The Morgan fingerprint density at radius 2 is 1.78 bits per heavy atom. The van der Waals surface area contributed by atoms with Gasteiger partial charge in [0.25, 0.3) is 0 Å². The molecule has 5 heteroatoms. The molecule has 0 bridgehead atoms. The van der Waals surface area contributed by atoms with Gasteiger partial charge in [-0.1, -0.05) is 26.7 Å². The Morgan fingerprint density at radius 1 is 1.11 bits per heavy atom. The molecule has 1 fully saturated rings. The Bertz CT molecular complexity index is 398. The second-order valence-corrected chi connectivity index (χ2v) is 5.05. The summed E-state index contributed by atoms with van der Waals surface area (Å²) >= 11 is 0. The van der Waals surface area contributed by atoms with Crippen LogP contribution in [0.3, 0.4) is 0 Å². The number of nitrogens with one attached hydrogen (secondary N) is 1. The van der Waals surface area contributed by atoms with Crippen LogP contribution in [0, 0.1) is 0 Å². The average molecular weight is 249 g/mol. The van der Waals surface area contributed by atoms with Crippen molar-refractivity contribution in [2.75, 3.05) is 11.9 Å². The van der Waals surface area contributed by atoms with Gasteiger partial charge in [-0.05, 0) is 25.7 Å². The molecule has 1 aliphatic carbocycles. The molecule has 0 atom stereocenters. The lowest BCUT2D eigenvalue weighted by Gasteiger charge is -2.28. The van der Waals surface area contributed by atoms with Gasteiger partial charge in [0.2, 0.25) is 5.95 Å². The first-order chi connectivity index (χ1) is 8.73. The van der Waals surface area contributed by atoms with Gasteiger partial charge in [0.15, 0.2) is 0 Å². The SMILES string of the molecule is CCc1nnc(NC2(CN)CCCC2)nc1CC. The van der Waals surface area contributed by atoms with E-state index in [0.29, 0.717) is 12.5 Å². The van der Waals surface area contributed by atoms with E-state index in [0.717, 1.165) is 37.1 Å². The predicted molar refractivity (Wildman–Crippen MR) is 72.5 cm³/mol. The number of aryl methyl sites for hydroxylation is 2. The highest BCUT2D eigenvalue weighted by atomic mass is 15.3. The molecule has 0 saturated heterocycles. The van der Waals surface area contributed by atoms with Gasteiger partial charge >= 0.3 is 0 Å². The van der Waals surface area contributed by atoms with Gasteiger partial charge in [-0.3, -0.25) is 0 Å². The van der Waals surface area contributed by atoms with Crippen molar-refractivity contribution in [3.05, 3.63) is 11.4 Å². The summed E-state index contributed by atoms with van der Waals surface area (Å²) in [7, 11) is 0. The van der Waals surface area contributed by atoms with Gasteiger partial charge < -0.3 is 11.1 Å². The van der Waals surface area contributed by atoms with E-state index in [-0.39, 0.29) is 5.54 Å². The minimum atomic E-state index is -0.0135. The maximum Gasteiger partial charge on any atom is 0.243 e. The third-order valence-electron chi connectivity index (χ3n) is 3.84. The largest absolute Gasteiger partial charge is 0.346 e. The van der Waals surface area contributed by atoms with E-state index >= 15 is 0 Å². The van der Waals surface area contributed by atoms with Crippen LogP contribution in [0.15, 0.2) is 0 Å². The molecule has 3 N–H and O–H groups in total. The number of rotatable bonds is 5. The second kappa shape index (κ2) is 5.61. The first-order valence-electron chi connectivity index (χ1n) is 6.93. The lowest BCUT2D eigenvalue weighted by Crippen LogP contribution is -2.43. The molecule has 1 saturated carbocycles. The summed E-state index contributed by atoms with van der Waals surface area (Å²) in [6.07, 6.45) is 6.43. The van der Waals surface area contributed by atoms with Crippen molar-refractivity contribution in [1.82, 2.24) is 15.2 Å². The Labute approximate surface area is 109 Å². The smallest absolute Gasteiger partial charge is 0.243 e. The Kier molecular flexibility index (Phi) is 4.11. The van der Waals surface area contributed by atoms with Crippen LogP contribution in [0.5, 0.6) is 0 Å². The predicted octanol–water partition coefficient (Wildman–Crippen LogP) is 1.68. The number of aromatic nitrogens is 3. The minimum Gasteiger partial charge on any atom is -0.346 e. The average Bonchev–Trinajstić information content (AvgIpc) is 2.87. The second-order valence-electron chi connectivity index (χ2n) is 5.05. The molecule has 0 radical (unpaired) electrons. The van der Waals surface area contributed by atoms with Gasteiger partial charge in [-0.15, -0.1) is 5.10 Å². The fourth-order valence-electron chi connectivity index (χ4n) is 2.66. The normalized spacial score (nSPS) is 17.9. The van der Waals surface area contributed by atoms with Crippen molar-refractivity contribution in [3.63, 3.8) is 0 Å². The zero-order chi connectivity index (χ0) is 13.0. The van der Waals surface area contributed by atoms with Gasteiger partial charge in [0.1, 0.15) is 0 Å². The highest BCUT2D eigenvalue weighted by Gasteiger charge is 2.33. The van der Waals surface area contributed by atoms with Crippen LogP contribution < -0.4 is 11.1 Å². The number of hydrogen-bond donors (Lipinski definition) is 2. The molecule has 0 amide bonds. The van der Waals surface area contributed by atoms with Gasteiger partial charge in [-0.25, -0.2) is 4.98 Å². The zero-order valence-corrected chi connectivity index (χ0v) is 11.4. The van der Waals surface area contributed by atoms with Crippen molar-refractivity contribution in [2.45, 2.75) is 57.9 Å². The number of nitrogens with zero attached hydrogens (tertiary/aromatic N) is 3. The summed E-state index contributed by atoms with van der Waals surface area (Å²) in [6, 6.07) is 0. The summed E-state index contributed by atoms with van der Waals surface area (Å²) in [5.41, 5.74) is 7.93. The van der Waals surface area contributed by atoms with E-state index in [1.165, 1.54) is 12.8 Å². The molecule has 18 heavy (non-hydrogen) atoms. The fraction of sp³-hybridized carbons (Fsp3) is 0.769. The molecule has 0 aromatic carbocycles. The summed E-state index contributed by atoms with van der Waals surface area (Å²) in [5, 5.41) is 11.9. The fourth-order valence-corrected chi connectivity index (χ4v) is 2.66. The van der Waals surface area contributed by atoms with Crippen LogP contribution in [0.1, 0.15) is 50.9 Å². The van der Waals surface area contributed by atoms with Crippen molar-refractivity contribution in [2.24, 2.45) is 5.73 Å². The van der Waals surface area contributed by atoms with Crippen molar-refractivity contribution in [3.8, 4) is 0 Å². The standard InChI is InChI=1S/C13H23N5/c1-3-10-11(4-2)17-18-12(15-10)16-13(9-14)7-5-6-8-13/h3-9,14H2,1-2H3,(H,15,16,18). The van der Waals surface area contributed by atoms with E-state index in [4.69, 9.17) is 5.73 Å². The molecule has 1 aromatic heterocycles. The summed E-state index contributed by atoms with van der Waals surface area (Å²) < 4.78 is 0. The molecule has 0 aliphatic heterocycles. The van der Waals surface area contributed by atoms with Crippen molar-refractivity contribution >= 4 is 5.95 Å². The lowest BCUT2D eigenvalue weighted by atomic mass is 9.98. The maximum absolute atomic E-state index is 5.90. The summed E-state index contributed by atoms with van der Waals surface area (Å²) in [5.74, 6) is 0.636. The lowest BCUT2D eigenvalue weighted by molar-refractivity contribution is 0.487. The summed E-state index contributed by atoms with van der Waals surface area (Å²) in [4.78, 5) is 4.58. The third-order valence-corrected chi connectivity index (χ3v) is 3.84. The highest BCUT2D eigenvalue weighted by molar-refractivity contribution is 5.31. The number of hydrogen-bond acceptors (Lipinski definition) is 5. The molecule has 1 aromatic rings. The quantitative estimate of drug-likeness (QED) is 0.830. The molecular weight excluding hydrogens is 226 g/mol. The topological polar surface area (TPSA) is 76.7 Å². The Morgan fingerprint density at radius 3 is 2.33 bits per heavy atom. The number of nitrogens with two attached hydrogens (primary N) is 1. The van der Waals surface area contributed by atoms with E-state index in [1.54, 1.807) is 0 Å². The van der Waals surface area contributed by atoms with E-state index in [2.05, 4.69) is 34.3 Å². The monoisotopic (exact) mass is 249 g/mol. The molecule has 2 rings (SSSR count). The Hall–Kier alpha value is -1.23. The summed E-state index contributed by atoms with van der Waals surface area (Å²) in [6.45, 7) is 4.81. The van der Waals surface area contributed by atoms with Crippen molar-refractivity contribution < 1.29 is 0 Å². The van der Waals surface area contributed by atoms with Crippen LogP contribution in [-0.4, -0.2) is 27.3 Å². The molecule has 1 aliphatic rings. The molecular formula is C13H23N5. The zero-order valence-electron chi connectivity index (χ0n) is 11.4. The molecule has 5 nitrogen and oxygen atoms in total.